The van der Waals surface area contributed by atoms with Crippen LogP contribution in [0.15, 0.2) is 48.7 Å². The summed E-state index contributed by atoms with van der Waals surface area (Å²) < 4.78 is 59.0. The lowest BCUT2D eigenvalue weighted by molar-refractivity contribution is -0.119. The first-order valence-electron chi connectivity index (χ1n) is 13.2. The van der Waals surface area contributed by atoms with Crippen LogP contribution in [0.3, 0.4) is 0 Å². The van der Waals surface area contributed by atoms with Crippen LogP contribution in [0.1, 0.15) is 24.3 Å². The average molecular weight is 600 g/mol. The van der Waals surface area contributed by atoms with Crippen molar-refractivity contribution in [2.45, 2.75) is 18.8 Å². The molecule has 1 aliphatic heterocycles. The smallest absolute Gasteiger partial charge is 0.245 e. The van der Waals surface area contributed by atoms with E-state index in [4.69, 9.17) is 10.5 Å². The zero-order valence-corrected chi connectivity index (χ0v) is 23.9. The van der Waals surface area contributed by atoms with Gasteiger partial charge in [0.25, 0.3) is 0 Å². The molecule has 4 N–H and O–H groups in total. The minimum absolute atomic E-state index is 0.102. The Hall–Kier alpha value is -4.30. The monoisotopic (exact) mass is 599 g/mol. The third-order valence-electron chi connectivity index (χ3n) is 7.17. The van der Waals surface area contributed by atoms with Crippen molar-refractivity contribution in [3.63, 3.8) is 0 Å². The van der Waals surface area contributed by atoms with Gasteiger partial charge in [-0.05, 0) is 67.7 Å². The van der Waals surface area contributed by atoms with E-state index in [9.17, 15) is 22.0 Å². The molecule has 1 aliphatic rings. The van der Waals surface area contributed by atoms with Gasteiger partial charge in [0.1, 0.15) is 11.6 Å². The van der Waals surface area contributed by atoms with Gasteiger partial charge < -0.3 is 21.1 Å². The molecule has 2 aromatic heterocycles. The lowest BCUT2D eigenvalue weighted by Gasteiger charge is -2.31. The molecule has 0 spiro atoms. The number of hydrogen-bond acceptors (Lipinski definition) is 9. The van der Waals surface area contributed by atoms with Gasteiger partial charge in [0.2, 0.25) is 11.9 Å². The highest BCUT2D eigenvalue weighted by molar-refractivity contribution is 7.90. The van der Waals surface area contributed by atoms with Crippen molar-refractivity contribution < 1.29 is 26.7 Å². The maximum absolute atomic E-state index is 14.3. The number of piperidine rings is 1. The lowest BCUT2D eigenvalue weighted by atomic mass is 9.89. The number of ether oxygens (including phenoxy) is 1. The number of hydrogen-bond donors (Lipinski definition) is 3. The van der Waals surface area contributed by atoms with Gasteiger partial charge in [-0.1, -0.05) is 6.07 Å². The molecule has 0 bridgehead atoms. The SMILES string of the molecule is COc1cc(C2CCN(CC(N)=O)CC2)ccc1Nc1ncc2ccc(-c3cc(F)c(F)cc3NCS(C)(=O)=O)n2n1. The standard InChI is InChI=1S/C28H31F2N7O4S/c1-41-26-11-18(17-7-9-36(10-8-17)15-27(31)38)3-5-23(26)34-28-32-14-19-4-6-25(37(19)35-28)20-12-21(29)22(30)13-24(20)33-16-42(2,39)40/h3-6,11-14,17,33H,7-10,15-16H2,1-2H3,(H2,31,38)(H,34,35). The first-order chi connectivity index (χ1) is 20.0. The Bertz CT molecular complexity index is 1740. The van der Waals surface area contributed by atoms with E-state index in [1.807, 2.05) is 18.2 Å². The van der Waals surface area contributed by atoms with E-state index in [-0.39, 0.29) is 29.7 Å². The van der Waals surface area contributed by atoms with Gasteiger partial charge in [-0.2, -0.15) is 0 Å². The summed E-state index contributed by atoms with van der Waals surface area (Å²) in [5, 5.41) is 10.4. The number of carbonyl (C=O) groups is 1. The number of nitrogens with one attached hydrogen (secondary N) is 2. The molecule has 0 aliphatic carbocycles. The Labute approximate surface area is 241 Å². The predicted molar refractivity (Wildman–Crippen MR) is 156 cm³/mol. The van der Waals surface area contributed by atoms with Crippen LogP contribution in [0.2, 0.25) is 0 Å². The van der Waals surface area contributed by atoms with Crippen molar-refractivity contribution in [3.8, 4) is 17.0 Å². The van der Waals surface area contributed by atoms with Crippen molar-refractivity contribution >= 4 is 38.6 Å². The summed E-state index contributed by atoms with van der Waals surface area (Å²) in [6.07, 6.45) is 4.39. The normalized spacial score (nSPS) is 14.7. The van der Waals surface area contributed by atoms with Crippen LogP contribution in [0.4, 0.5) is 26.1 Å². The number of primary amides is 1. The molecule has 42 heavy (non-hydrogen) atoms. The number of sulfone groups is 1. The number of aromatic nitrogens is 3. The van der Waals surface area contributed by atoms with Gasteiger partial charge in [-0.3, -0.25) is 9.69 Å². The number of methoxy groups -OCH3 is 1. The Morgan fingerprint density at radius 1 is 1.10 bits per heavy atom. The van der Waals surface area contributed by atoms with Crippen LogP contribution >= 0.6 is 0 Å². The molecule has 222 valence electrons. The summed E-state index contributed by atoms with van der Waals surface area (Å²) in [5.74, 6) is -1.85. The number of halogens is 2. The van der Waals surface area contributed by atoms with E-state index in [0.717, 1.165) is 49.9 Å². The molecule has 1 saturated heterocycles. The third-order valence-corrected chi connectivity index (χ3v) is 7.84. The fourth-order valence-electron chi connectivity index (χ4n) is 5.11. The summed E-state index contributed by atoms with van der Waals surface area (Å²) in [5.41, 5.74) is 8.38. The molecule has 14 heteroatoms. The summed E-state index contributed by atoms with van der Waals surface area (Å²) in [6, 6.07) is 11.2. The quantitative estimate of drug-likeness (QED) is 0.249. The number of amides is 1. The number of nitrogens with two attached hydrogens (primary N) is 1. The fourth-order valence-corrected chi connectivity index (χ4v) is 5.52. The molecule has 0 atom stereocenters. The van der Waals surface area contributed by atoms with Crippen LogP contribution in [0.25, 0.3) is 16.8 Å². The molecule has 1 fully saturated rings. The molecule has 2 aromatic carbocycles. The second kappa shape index (κ2) is 11.9. The highest BCUT2D eigenvalue weighted by Gasteiger charge is 2.23. The number of rotatable bonds is 10. The Morgan fingerprint density at radius 3 is 2.52 bits per heavy atom. The van der Waals surface area contributed by atoms with Crippen LogP contribution in [-0.2, 0) is 14.6 Å². The summed E-state index contributed by atoms with van der Waals surface area (Å²) in [6.45, 7) is 1.83. The number of likely N-dealkylation sites (tertiary alicyclic amines) is 1. The highest BCUT2D eigenvalue weighted by atomic mass is 32.2. The lowest BCUT2D eigenvalue weighted by Crippen LogP contribution is -2.39. The summed E-state index contributed by atoms with van der Waals surface area (Å²) in [7, 11) is -1.87. The molecule has 3 heterocycles. The van der Waals surface area contributed by atoms with Gasteiger partial charge in [-0.25, -0.2) is 26.7 Å². The van der Waals surface area contributed by atoms with Gasteiger partial charge in [0.15, 0.2) is 21.5 Å². The predicted octanol–water partition coefficient (Wildman–Crippen LogP) is 3.51. The first kappa shape index (κ1) is 29.2. The summed E-state index contributed by atoms with van der Waals surface area (Å²) >= 11 is 0. The molecule has 0 unspecified atom stereocenters. The number of nitrogens with zero attached hydrogens (tertiary/aromatic N) is 4. The van der Waals surface area contributed by atoms with E-state index in [1.54, 1.807) is 25.4 Å². The third kappa shape index (κ3) is 6.60. The van der Waals surface area contributed by atoms with Gasteiger partial charge in [-0.15, -0.1) is 5.10 Å². The van der Waals surface area contributed by atoms with E-state index in [2.05, 4.69) is 25.6 Å². The number of benzene rings is 2. The molecule has 1 amide bonds. The maximum Gasteiger partial charge on any atom is 0.245 e. The Morgan fingerprint density at radius 2 is 1.83 bits per heavy atom. The van der Waals surface area contributed by atoms with E-state index < -0.39 is 27.3 Å². The van der Waals surface area contributed by atoms with Crippen molar-refractivity contribution in [1.29, 1.82) is 0 Å². The number of fused-ring (bicyclic) bond motifs is 1. The van der Waals surface area contributed by atoms with Gasteiger partial charge >= 0.3 is 0 Å². The minimum atomic E-state index is -3.44. The van der Waals surface area contributed by atoms with Crippen LogP contribution < -0.4 is 21.1 Å². The first-order valence-corrected chi connectivity index (χ1v) is 15.3. The zero-order chi connectivity index (χ0) is 30.0. The van der Waals surface area contributed by atoms with E-state index in [0.29, 0.717) is 28.6 Å². The van der Waals surface area contributed by atoms with Crippen molar-refractivity contribution in [2.75, 3.05) is 49.5 Å². The molecule has 0 radical (unpaired) electrons. The van der Waals surface area contributed by atoms with Crippen molar-refractivity contribution in [1.82, 2.24) is 19.5 Å². The molecule has 0 saturated carbocycles. The van der Waals surface area contributed by atoms with Gasteiger partial charge in [0, 0.05) is 23.6 Å². The number of anilines is 3. The van der Waals surface area contributed by atoms with Crippen LogP contribution in [0, 0.1) is 11.6 Å². The topological polar surface area (TPSA) is 144 Å². The maximum atomic E-state index is 14.3. The van der Waals surface area contributed by atoms with Crippen molar-refractivity contribution in [2.24, 2.45) is 5.73 Å². The average Bonchev–Trinajstić information content (AvgIpc) is 3.36. The van der Waals surface area contributed by atoms with Crippen LogP contribution in [-0.4, -0.2) is 72.7 Å². The minimum Gasteiger partial charge on any atom is -0.495 e. The second-order valence-electron chi connectivity index (χ2n) is 10.3. The molecular weight excluding hydrogens is 568 g/mol. The molecule has 4 aromatic rings. The molecule has 11 nitrogen and oxygen atoms in total. The highest BCUT2D eigenvalue weighted by Crippen LogP contribution is 2.35. The molecular formula is C28H31F2N7O4S. The van der Waals surface area contributed by atoms with E-state index >= 15 is 0 Å². The fraction of sp³-hybridized carbons (Fsp3) is 0.321. The second-order valence-corrected chi connectivity index (χ2v) is 12.4. The molecule has 5 rings (SSSR count). The zero-order valence-electron chi connectivity index (χ0n) is 23.1. The Kier molecular flexibility index (Phi) is 8.27. The van der Waals surface area contributed by atoms with Crippen LogP contribution in [0.5, 0.6) is 5.75 Å². The summed E-state index contributed by atoms with van der Waals surface area (Å²) in [4.78, 5) is 17.7. The van der Waals surface area contributed by atoms with Crippen molar-refractivity contribution in [3.05, 3.63) is 65.9 Å². The van der Waals surface area contributed by atoms with Gasteiger partial charge in [0.05, 0.1) is 36.7 Å². The Balaban J connectivity index is 1.41. The largest absolute Gasteiger partial charge is 0.495 e. The van der Waals surface area contributed by atoms with E-state index in [1.165, 1.54) is 4.52 Å². The number of carbonyl (C=O) groups excluding carboxylic acids is 1.